The first kappa shape index (κ1) is 34.4. The number of carbonyl (C=O) groups is 5. The van der Waals surface area contributed by atoms with E-state index in [1.54, 1.807) is 14.1 Å². The predicted octanol–water partition coefficient (Wildman–Crippen LogP) is 2.25. The van der Waals surface area contributed by atoms with Gasteiger partial charge in [0.25, 0.3) is 0 Å². The van der Waals surface area contributed by atoms with Crippen molar-refractivity contribution in [2.24, 2.45) is 0 Å². The largest absolute Gasteiger partial charge is 0.349 e. The second kappa shape index (κ2) is 21.8. The third-order valence-electron chi connectivity index (χ3n) is 4.48. The minimum atomic E-state index is -0.617. The number of nitrogens with zero attached hydrogens (tertiary/aromatic N) is 1. The van der Waals surface area contributed by atoms with Crippen LogP contribution in [0.25, 0.3) is 0 Å². The number of carbonyl (C=O) groups excluding carboxylic acids is 5. The summed E-state index contributed by atoms with van der Waals surface area (Å²) in [6.45, 7) is 8.40. The van der Waals surface area contributed by atoms with Gasteiger partial charge in [0.1, 0.15) is 12.6 Å². The van der Waals surface area contributed by atoms with Gasteiger partial charge in [0.15, 0.2) is 0 Å². The van der Waals surface area contributed by atoms with Crippen LogP contribution in [0.4, 0.5) is 5.69 Å². The van der Waals surface area contributed by atoms with Crippen molar-refractivity contribution in [1.82, 2.24) is 15.5 Å². The monoisotopic (exact) mass is 510 g/mol. The fourth-order valence-electron chi connectivity index (χ4n) is 2.23. The number of hydrogen-bond acceptors (Lipinski definition) is 7. The van der Waals surface area contributed by atoms with E-state index in [1.807, 2.05) is 31.2 Å². The molecule has 0 aliphatic carbocycles. The average molecular weight is 511 g/mol. The maximum atomic E-state index is 11.5. The van der Waals surface area contributed by atoms with Gasteiger partial charge in [-0.05, 0) is 38.1 Å². The van der Waals surface area contributed by atoms with Crippen LogP contribution in [-0.4, -0.2) is 73.7 Å². The molecule has 3 amide bonds. The Labute approximate surface area is 215 Å². The molecule has 0 aliphatic heterocycles. The first-order chi connectivity index (χ1) is 16.6. The Morgan fingerprint density at radius 2 is 1.66 bits per heavy atom. The number of benzene rings is 1. The lowest BCUT2D eigenvalue weighted by Crippen LogP contribution is -2.35. The van der Waals surface area contributed by atoms with Gasteiger partial charge >= 0.3 is 0 Å². The smallest absolute Gasteiger partial charge is 0.241 e. The van der Waals surface area contributed by atoms with Crippen LogP contribution < -0.4 is 16.0 Å². The van der Waals surface area contributed by atoms with E-state index in [2.05, 4.69) is 49.4 Å². The summed E-state index contributed by atoms with van der Waals surface area (Å²) >= 11 is 3.89. The van der Waals surface area contributed by atoms with Crippen molar-refractivity contribution in [2.45, 2.75) is 64.7 Å². The lowest BCUT2D eigenvalue weighted by Gasteiger charge is -2.17. The third-order valence-corrected chi connectivity index (χ3v) is 4.78. The molecular formula is C25H42N4O5S. The van der Waals surface area contributed by atoms with Gasteiger partial charge in [0.05, 0.1) is 17.8 Å². The summed E-state index contributed by atoms with van der Waals surface area (Å²) in [6, 6.07) is 7.74. The minimum absolute atomic E-state index is 0.0123. The molecule has 10 heteroatoms. The Morgan fingerprint density at radius 1 is 1.09 bits per heavy atom. The molecule has 198 valence electrons. The molecule has 9 nitrogen and oxygen atoms in total. The van der Waals surface area contributed by atoms with E-state index in [4.69, 9.17) is 0 Å². The van der Waals surface area contributed by atoms with Gasteiger partial charge in [-0.25, -0.2) is 0 Å². The number of thiol groups is 1. The van der Waals surface area contributed by atoms with Crippen LogP contribution >= 0.6 is 12.6 Å². The van der Waals surface area contributed by atoms with Crippen molar-refractivity contribution in [1.29, 1.82) is 0 Å². The molecular weight excluding hydrogens is 468 g/mol. The van der Waals surface area contributed by atoms with E-state index in [1.165, 1.54) is 16.9 Å². The molecule has 1 aromatic rings. The molecule has 2 unspecified atom stereocenters. The molecule has 2 atom stereocenters. The van der Waals surface area contributed by atoms with Gasteiger partial charge in [-0.15, -0.1) is 0 Å². The highest BCUT2D eigenvalue weighted by molar-refractivity contribution is 7.81. The Balaban J connectivity index is 0. The highest BCUT2D eigenvalue weighted by Crippen LogP contribution is 2.10. The van der Waals surface area contributed by atoms with Crippen molar-refractivity contribution < 1.29 is 24.0 Å². The maximum Gasteiger partial charge on any atom is 0.241 e. The number of likely N-dealkylation sites (N-methyl/N-ethyl adjacent to an activating group) is 1. The summed E-state index contributed by atoms with van der Waals surface area (Å²) in [6.07, 6.45) is 3.57. The molecule has 0 heterocycles. The number of anilines is 1. The zero-order valence-electron chi connectivity index (χ0n) is 21.8. The quantitative estimate of drug-likeness (QED) is 0.253. The number of aryl methyl sites for hydroxylation is 1. The molecule has 0 saturated heterocycles. The maximum absolute atomic E-state index is 11.5. The molecule has 0 spiro atoms. The Bertz CT molecular complexity index is 759. The Hall–Kier alpha value is -2.72. The van der Waals surface area contributed by atoms with Gasteiger partial charge in [-0.3, -0.25) is 14.4 Å². The number of amides is 3. The molecule has 1 rings (SSSR count). The van der Waals surface area contributed by atoms with E-state index < -0.39 is 5.25 Å². The number of hydrogen-bond donors (Lipinski definition) is 4. The van der Waals surface area contributed by atoms with Crippen molar-refractivity contribution in [3.63, 3.8) is 0 Å². The van der Waals surface area contributed by atoms with Crippen molar-refractivity contribution in [2.75, 3.05) is 32.5 Å². The summed E-state index contributed by atoms with van der Waals surface area (Å²) in [7, 11) is 3.31. The highest BCUT2D eigenvalue weighted by Gasteiger charge is 2.14. The minimum Gasteiger partial charge on any atom is -0.349 e. The molecule has 0 aliphatic rings. The van der Waals surface area contributed by atoms with Gasteiger partial charge in [-0.1, -0.05) is 39.3 Å². The van der Waals surface area contributed by atoms with Crippen LogP contribution in [0, 0.1) is 0 Å². The number of aldehydes is 2. The number of nitrogens with one attached hydrogen (secondary N) is 3. The van der Waals surface area contributed by atoms with E-state index in [9.17, 15) is 24.0 Å². The first-order valence-corrected chi connectivity index (χ1v) is 12.3. The van der Waals surface area contributed by atoms with E-state index in [0.29, 0.717) is 12.6 Å². The van der Waals surface area contributed by atoms with E-state index >= 15 is 0 Å². The second-order valence-corrected chi connectivity index (χ2v) is 8.36. The predicted molar refractivity (Wildman–Crippen MR) is 144 cm³/mol. The summed E-state index contributed by atoms with van der Waals surface area (Å²) in [5.74, 6) is -0.559. The SMILES string of the molecule is CCC.CCc1ccc(NC(=O)C(C)NC)cc1.CN(CCC(=O)NCC=O)C(=O)CC(S)C=O. The average Bonchev–Trinajstić information content (AvgIpc) is 2.86. The summed E-state index contributed by atoms with van der Waals surface area (Å²) < 4.78 is 0. The fraction of sp³-hybridized carbons (Fsp3) is 0.560. The third kappa shape index (κ3) is 18.3. The van der Waals surface area contributed by atoms with Crippen molar-refractivity contribution in [3.8, 4) is 0 Å². The van der Waals surface area contributed by atoms with E-state index in [0.717, 1.165) is 12.1 Å². The normalized spacial score (nSPS) is 11.3. The molecule has 1 aromatic carbocycles. The summed E-state index contributed by atoms with van der Waals surface area (Å²) in [5.41, 5.74) is 2.12. The molecule has 35 heavy (non-hydrogen) atoms. The standard InChI is InChI=1S/C12H18N2O.C10H16N2O4S.C3H8/c1-4-10-5-7-11(8-6-10)14-12(15)9(2)13-3;1-12(10(16)6-8(17)7-14)4-2-9(15)11-3-5-13;1-3-2/h5-9,13H,4H2,1-3H3,(H,14,15);5,7-8,17H,2-4,6H2,1H3,(H,11,15);3H2,1-2H3. The summed E-state index contributed by atoms with van der Waals surface area (Å²) in [4.78, 5) is 55.8. The van der Waals surface area contributed by atoms with Crippen molar-refractivity contribution in [3.05, 3.63) is 29.8 Å². The Morgan fingerprint density at radius 3 is 2.11 bits per heavy atom. The highest BCUT2D eigenvalue weighted by atomic mass is 32.1. The number of rotatable bonds is 12. The zero-order chi connectivity index (χ0) is 27.2. The molecule has 0 radical (unpaired) electrons. The van der Waals surface area contributed by atoms with Crippen LogP contribution in [-0.2, 0) is 30.4 Å². The van der Waals surface area contributed by atoms with Crippen LogP contribution in [0.3, 0.4) is 0 Å². The van der Waals surface area contributed by atoms with Crippen LogP contribution in [0.5, 0.6) is 0 Å². The Kier molecular flexibility index (Phi) is 21.4. The summed E-state index contributed by atoms with van der Waals surface area (Å²) in [5, 5.41) is 7.48. The van der Waals surface area contributed by atoms with Crippen LogP contribution in [0.2, 0.25) is 0 Å². The lowest BCUT2D eigenvalue weighted by atomic mass is 10.1. The molecule has 0 saturated carbocycles. The van der Waals surface area contributed by atoms with Crippen molar-refractivity contribution >= 4 is 48.6 Å². The first-order valence-electron chi connectivity index (χ1n) is 11.7. The molecule has 3 N–H and O–H groups in total. The van der Waals surface area contributed by atoms with Gasteiger partial charge < -0.3 is 30.4 Å². The molecule has 0 fully saturated rings. The molecule has 0 bridgehead atoms. The fourth-order valence-corrected chi connectivity index (χ4v) is 2.38. The van der Waals surface area contributed by atoms with Crippen LogP contribution in [0.15, 0.2) is 24.3 Å². The lowest BCUT2D eigenvalue weighted by molar-refractivity contribution is -0.131. The van der Waals surface area contributed by atoms with Gasteiger partial charge in [0, 0.05) is 32.1 Å². The molecule has 0 aromatic heterocycles. The second-order valence-electron chi connectivity index (χ2n) is 7.70. The zero-order valence-corrected chi connectivity index (χ0v) is 22.7. The van der Waals surface area contributed by atoms with E-state index in [-0.39, 0.29) is 49.7 Å². The topological polar surface area (TPSA) is 125 Å². The van der Waals surface area contributed by atoms with Crippen LogP contribution in [0.1, 0.15) is 52.5 Å². The van der Waals surface area contributed by atoms with Gasteiger partial charge in [0.2, 0.25) is 17.7 Å². The van der Waals surface area contributed by atoms with Gasteiger partial charge in [-0.2, -0.15) is 12.6 Å².